The van der Waals surface area contributed by atoms with Crippen molar-refractivity contribution in [2.75, 3.05) is 5.32 Å². The number of aromatic nitrogens is 2. The molecule has 2 amide bonds. The number of nitrogens with one attached hydrogen (secondary N) is 2. The predicted molar refractivity (Wildman–Crippen MR) is 90.7 cm³/mol. The Bertz CT molecular complexity index is 834. The van der Waals surface area contributed by atoms with Crippen LogP contribution in [-0.4, -0.2) is 22.0 Å². The Morgan fingerprint density at radius 1 is 1.24 bits per heavy atom. The lowest BCUT2D eigenvalue weighted by Crippen LogP contribution is -2.33. The number of hydrogen-bond acceptors (Lipinski definition) is 3. The van der Waals surface area contributed by atoms with Gasteiger partial charge < -0.3 is 10.6 Å². The van der Waals surface area contributed by atoms with E-state index in [0.29, 0.717) is 17.5 Å². The van der Waals surface area contributed by atoms with Gasteiger partial charge in [-0.25, -0.2) is 19.2 Å². The van der Waals surface area contributed by atoms with Crippen molar-refractivity contribution in [2.24, 2.45) is 11.8 Å². The van der Waals surface area contributed by atoms with Crippen LogP contribution in [0.4, 0.5) is 14.9 Å². The van der Waals surface area contributed by atoms with Gasteiger partial charge in [0.1, 0.15) is 11.6 Å². The van der Waals surface area contributed by atoms with Crippen molar-refractivity contribution in [1.29, 1.82) is 0 Å². The van der Waals surface area contributed by atoms with Crippen molar-refractivity contribution in [3.05, 3.63) is 53.4 Å². The third-order valence-electron chi connectivity index (χ3n) is 5.52. The molecule has 0 bridgehead atoms. The van der Waals surface area contributed by atoms with Gasteiger partial charge in [0.15, 0.2) is 0 Å². The number of amides is 2. The Balaban J connectivity index is 1.17. The molecule has 2 N–H and O–H groups in total. The van der Waals surface area contributed by atoms with E-state index >= 15 is 0 Å². The number of carbonyl (C=O) groups excluding carboxylic acids is 1. The van der Waals surface area contributed by atoms with E-state index in [1.54, 1.807) is 18.5 Å². The summed E-state index contributed by atoms with van der Waals surface area (Å²) < 4.78 is 13.3. The molecule has 2 saturated carbocycles. The van der Waals surface area contributed by atoms with Crippen molar-refractivity contribution < 1.29 is 9.18 Å². The first-order chi connectivity index (χ1) is 12.2. The SMILES string of the molecule is O=C(Nc1cnc(CC2CC2)nc1)NC1C2Cc3cc(F)ccc3C21. The van der Waals surface area contributed by atoms with Crippen molar-refractivity contribution in [2.45, 2.75) is 37.6 Å². The molecule has 5 nitrogen and oxygen atoms in total. The summed E-state index contributed by atoms with van der Waals surface area (Å²) in [7, 11) is 0. The summed E-state index contributed by atoms with van der Waals surface area (Å²) in [6.45, 7) is 0. The number of carbonyl (C=O) groups is 1. The van der Waals surface area contributed by atoms with Crippen LogP contribution in [0.25, 0.3) is 0 Å². The molecule has 0 radical (unpaired) electrons. The highest BCUT2D eigenvalue weighted by Crippen LogP contribution is 2.56. The van der Waals surface area contributed by atoms with Crippen LogP contribution in [0.2, 0.25) is 0 Å². The average Bonchev–Trinajstić information content (AvgIpc) is 3.48. The predicted octanol–water partition coefficient (Wildman–Crippen LogP) is 3.03. The first-order valence-electron chi connectivity index (χ1n) is 8.84. The Kier molecular flexibility index (Phi) is 3.26. The maximum absolute atomic E-state index is 13.3. The lowest BCUT2D eigenvalue weighted by atomic mass is 10.0. The summed E-state index contributed by atoms with van der Waals surface area (Å²) in [4.78, 5) is 20.8. The maximum atomic E-state index is 13.3. The number of halogens is 1. The fourth-order valence-electron chi connectivity index (χ4n) is 4.00. The van der Waals surface area contributed by atoms with E-state index in [9.17, 15) is 9.18 Å². The van der Waals surface area contributed by atoms with E-state index in [1.165, 1.54) is 24.5 Å². The highest BCUT2D eigenvalue weighted by molar-refractivity contribution is 5.89. The number of nitrogens with zero attached hydrogens (tertiary/aromatic N) is 2. The highest BCUT2D eigenvalue weighted by Gasteiger charge is 2.56. The Morgan fingerprint density at radius 2 is 2.04 bits per heavy atom. The fourth-order valence-corrected chi connectivity index (χ4v) is 4.00. The van der Waals surface area contributed by atoms with Crippen molar-refractivity contribution in [3.63, 3.8) is 0 Å². The zero-order valence-electron chi connectivity index (χ0n) is 13.7. The number of hydrogen-bond donors (Lipinski definition) is 2. The lowest BCUT2D eigenvalue weighted by molar-refractivity contribution is 0.251. The summed E-state index contributed by atoms with van der Waals surface area (Å²) >= 11 is 0. The molecule has 1 aromatic carbocycles. The Morgan fingerprint density at radius 3 is 2.80 bits per heavy atom. The van der Waals surface area contributed by atoms with Crippen LogP contribution >= 0.6 is 0 Å². The van der Waals surface area contributed by atoms with Gasteiger partial charge in [0.2, 0.25) is 0 Å². The molecule has 25 heavy (non-hydrogen) atoms. The van der Waals surface area contributed by atoms with Crippen LogP contribution in [0.1, 0.15) is 35.7 Å². The third kappa shape index (κ3) is 2.86. The van der Waals surface area contributed by atoms with Crippen molar-refractivity contribution in [3.8, 4) is 0 Å². The van der Waals surface area contributed by atoms with E-state index < -0.39 is 0 Å². The molecule has 3 atom stereocenters. The van der Waals surface area contributed by atoms with Gasteiger partial charge in [0, 0.05) is 18.4 Å². The summed E-state index contributed by atoms with van der Waals surface area (Å²) in [6.07, 6.45) is 7.63. The monoisotopic (exact) mass is 338 g/mol. The van der Waals surface area contributed by atoms with Gasteiger partial charge in [-0.15, -0.1) is 0 Å². The smallest absolute Gasteiger partial charge is 0.319 e. The molecule has 0 spiro atoms. The first-order valence-corrected chi connectivity index (χ1v) is 8.84. The second-order valence-electron chi connectivity index (χ2n) is 7.40. The summed E-state index contributed by atoms with van der Waals surface area (Å²) in [5.74, 6) is 2.10. The zero-order valence-corrected chi connectivity index (χ0v) is 13.7. The molecule has 3 unspecified atom stereocenters. The van der Waals surface area contributed by atoms with Crippen molar-refractivity contribution in [1.82, 2.24) is 15.3 Å². The minimum absolute atomic E-state index is 0.132. The molecule has 6 heteroatoms. The number of rotatable bonds is 4. The summed E-state index contributed by atoms with van der Waals surface area (Å²) in [5, 5.41) is 5.81. The van der Waals surface area contributed by atoms with Crippen molar-refractivity contribution >= 4 is 11.7 Å². The van der Waals surface area contributed by atoms with Gasteiger partial charge in [-0.05, 0) is 54.4 Å². The number of fused-ring (bicyclic) bond motifs is 3. The Labute approximate surface area is 145 Å². The van der Waals surface area contributed by atoms with Gasteiger partial charge >= 0.3 is 6.03 Å². The molecule has 2 fully saturated rings. The van der Waals surface area contributed by atoms with E-state index in [2.05, 4.69) is 20.6 Å². The molecule has 5 rings (SSSR count). The van der Waals surface area contributed by atoms with Crippen LogP contribution in [0.5, 0.6) is 0 Å². The fraction of sp³-hybridized carbons (Fsp3) is 0.421. The molecule has 1 aromatic heterocycles. The molecule has 3 aliphatic rings. The number of anilines is 1. The third-order valence-corrected chi connectivity index (χ3v) is 5.52. The second kappa shape index (κ2) is 5.51. The largest absolute Gasteiger partial charge is 0.334 e. The number of urea groups is 1. The molecular weight excluding hydrogens is 319 g/mol. The van der Waals surface area contributed by atoms with Crippen LogP contribution < -0.4 is 10.6 Å². The molecule has 1 heterocycles. The van der Waals surface area contributed by atoms with Gasteiger partial charge in [0.25, 0.3) is 0 Å². The van der Waals surface area contributed by atoms with E-state index in [-0.39, 0.29) is 17.9 Å². The second-order valence-corrected chi connectivity index (χ2v) is 7.40. The van der Waals surface area contributed by atoms with Crippen LogP contribution in [0.15, 0.2) is 30.6 Å². The summed E-state index contributed by atoms with van der Waals surface area (Å²) in [6, 6.07) is 4.85. The minimum atomic E-state index is -0.235. The Hall–Kier alpha value is -2.50. The molecule has 128 valence electrons. The quantitative estimate of drug-likeness (QED) is 0.900. The first kappa shape index (κ1) is 14.8. The van der Waals surface area contributed by atoms with Gasteiger partial charge in [-0.3, -0.25) is 0 Å². The van der Waals surface area contributed by atoms with Gasteiger partial charge in [-0.2, -0.15) is 0 Å². The van der Waals surface area contributed by atoms with Crippen LogP contribution in [0.3, 0.4) is 0 Å². The zero-order chi connectivity index (χ0) is 17.0. The number of benzene rings is 1. The molecule has 0 aliphatic heterocycles. The van der Waals surface area contributed by atoms with E-state index in [0.717, 1.165) is 30.1 Å². The standard InChI is InChI=1S/C19H19FN4O/c20-12-3-4-14-11(6-12)7-15-17(14)18(15)24-19(25)23-13-8-21-16(22-9-13)5-10-1-2-10/h3-4,6,8-10,15,17-18H,1-2,5,7H2,(H2,23,24,25). The van der Waals surface area contributed by atoms with Crippen LogP contribution in [-0.2, 0) is 12.8 Å². The van der Waals surface area contributed by atoms with E-state index in [4.69, 9.17) is 0 Å². The van der Waals surface area contributed by atoms with E-state index in [1.807, 2.05) is 6.07 Å². The molecule has 2 aromatic rings. The normalized spacial score (nSPS) is 25.9. The highest BCUT2D eigenvalue weighted by atomic mass is 19.1. The topological polar surface area (TPSA) is 66.9 Å². The lowest BCUT2D eigenvalue weighted by Gasteiger charge is -2.11. The molecular formula is C19H19FN4O. The average molecular weight is 338 g/mol. The van der Waals surface area contributed by atoms with Crippen LogP contribution in [0, 0.1) is 17.7 Å². The summed E-state index contributed by atoms with van der Waals surface area (Å²) in [5.41, 5.74) is 2.85. The molecule has 3 aliphatic carbocycles. The van der Waals surface area contributed by atoms with Gasteiger partial charge in [0.05, 0.1) is 18.1 Å². The maximum Gasteiger partial charge on any atom is 0.319 e. The van der Waals surface area contributed by atoms with Gasteiger partial charge in [-0.1, -0.05) is 6.07 Å². The molecule has 0 saturated heterocycles. The minimum Gasteiger partial charge on any atom is -0.334 e.